The summed E-state index contributed by atoms with van der Waals surface area (Å²) in [4.78, 5) is 27.0. The van der Waals surface area contributed by atoms with E-state index in [2.05, 4.69) is 0 Å². The van der Waals surface area contributed by atoms with E-state index in [1.54, 1.807) is 30.3 Å². The Kier molecular flexibility index (Phi) is 6.53. The number of hydrogen-bond donors (Lipinski definition) is 0. The van der Waals surface area contributed by atoms with Crippen LogP contribution >= 0.6 is 0 Å². The van der Waals surface area contributed by atoms with Gasteiger partial charge in [-0.1, -0.05) is 66.2 Å². The Morgan fingerprint density at radius 1 is 0.972 bits per heavy atom. The number of carbonyl (C=O) groups is 2. The molecule has 3 aromatic rings. The van der Waals surface area contributed by atoms with Crippen LogP contribution in [-0.4, -0.2) is 44.5 Å². The number of benzene rings is 3. The Morgan fingerprint density at radius 2 is 1.67 bits per heavy atom. The number of para-hydroxylation sites is 1. The van der Waals surface area contributed by atoms with Gasteiger partial charge in [0, 0.05) is 18.9 Å². The Balaban J connectivity index is 1.31. The molecule has 0 radical (unpaired) electrons. The number of sulfonamides is 1. The molecule has 186 valence electrons. The zero-order valence-electron chi connectivity index (χ0n) is 20.0. The Labute approximate surface area is 211 Å². The van der Waals surface area contributed by atoms with E-state index in [0.29, 0.717) is 18.5 Å². The molecule has 1 saturated heterocycles. The van der Waals surface area contributed by atoms with Crippen LogP contribution in [0.3, 0.4) is 0 Å². The molecule has 7 nitrogen and oxygen atoms in total. The highest BCUT2D eigenvalue weighted by Gasteiger charge is 2.40. The van der Waals surface area contributed by atoms with Crippen molar-refractivity contribution < 1.29 is 22.7 Å². The minimum Gasteiger partial charge on any atom is -0.447 e. The van der Waals surface area contributed by atoms with Crippen LogP contribution in [0.4, 0.5) is 10.5 Å². The van der Waals surface area contributed by atoms with Crippen LogP contribution < -0.4 is 4.31 Å². The lowest BCUT2D eigenvalue weighted by Crippen LogP contribution is -2.40. The number of aryl methyl sites for hydroxylation is 1. The first kappa shape index (κ1) is 24.1. The van der Waals surface area contributed by atoms with E-state index in [9.17, 15) is 18.0 Å². The molecular formula is C28H28N2O5S. The Morgan fingerprint density at radius 3 is 2.42 bits per heavy atom. The molecule has 2 aliphatic rings. The van der Waals surface area contributed by atoms with Crippen LogP contribution in [0.2, 0.25) is 0 Å². The maximum atomic E-state index is 13.5. The van der Waals surface area contributed by atoms with Gasteiger partial charge in [-0.15, -0.1) is 0 Å². The summed E-state index contributed by atoms with van der Waals surface area (Å²) in [6, 6.07) is 23.6. The van der Waals surface area contributed by atoms with Crippen molar-refractivity contribution in [2.24, 2.45) is 0 Å². The van der Waals surface area contributed by atoms with Crippen LogP contribution in [0.25, 0.3) is 0 Å². The fourth-order valence-corrected chi connectivity index (χ4v) is 6.53. The van der Waals surface area contributed by atoms with Crippen molar-refractivity contribution >= 4 is 27.7 Å². The lowest BCUT2D eigenvalue weighted by Gasteiger charge is -2.21. The second-order valence-electron chi connectivity index (χ2n) is 9.33. The Hall–Kier alpha value is -3.65. The van der Waals surface area contributed by atoms with Crippen molar-refractivity contribution in [1.82, 2.24) is 4.90 Å². The third-order valence-corrected chi connectivity index (χ3v) is 8.68. The lowest BCUT2D eigenvalue weighted by atomic mass is 9.96. The maximum Gasteiger partial charge on any atom is 0.416 e. The quantitative estimate of drug-likeness (QED) is 0.467. The van der Waals surface area contributed by atoms with Gasteiger partial charge in [0.2, 0.25) is 5.91 Å². The number of amides is 2. The summed E-state index contributed by atoms with van der Waals surface area (Å²) in [5.74, 6) is -0.452. The van der Waals surface area contributed by atoms with Crippen molar-refractivity contribution in [2.45, 2.75) is 43.0 Å². The number of imide groups is 1. The number of anilines is 1. The highest BCUT2D eigenvalue weighted by molar-refractivity contribution is 7.92. The summed E-state index contributed by atoms with van der Waals surface area (Å²) in [5.41, 5.74) is 3.54. The average Bonchev–Trinajstić information content (AvgIpc) is 3.44. The molecule has 2 heterocycles. The SMILES string of the molecule is Cc1ccc(S(=O)(=O)N2C[C@H](CCC(=O)N3C(=O)OC[C@H]3Cc3ccccc3)c3ccccc32)cc1. The first-order valence-corrected chi connectivity index (χ1v) is 13.5. The van der Waals surface area contributed by atoms with Crippen LogP contribution in [0.5, 0.6) is 0 Å². The zero-order valence-corrected chi connectivity index (χ0v) is 20.9. The maximum absolute atomic E-state index is 13.5. The molecule has 0 aliphatic carbocycles. The van der Waals surface area contributed by atoms with E-state index in [0.717, 1.165) is 16.7 Å². The molecule has 2 aliphatic heterocycles. The van der Waals surface area contributed by atoms with E-state index in [4.69, 9.17) is 4.74 Å². The van der Waals surface area contributed by atoms with Gasteiger partial charge in [0.1, 0.15) is 6.61 Å². The molecule has 0 N–H and O–H groups in total. The van der Waals surface area contributed by atoms with Crippen molar-refractivity contribution in [2.75, 3.05) is 17.5 Å². The van der Waals surface area contributed by atoms with E-state index in [1.165, 1.54) is 9.21 Å². The summed E-state index contributed by atoms with van der Waals surface area (Å²) in [6.07, 6.45) is 0.471. The number of cyclic esters (lactones) is 1. The fraction of sp³-hybridized carbons (Fsp3) is 0.286. The first-order valence-electron chi connectivity index (χ1n) is 12.1. The van der Waals surface area contributed by atoms with Crippen molar-refractivity contribution in [1.29, 1.82) is 0 Å². The van der Waals surface area contributed by atoms with Gasteiger partial charge in [0.25, 0.3) is 10.0 Å². The highest BCUT2D eigenvalue weighted by atomic mass is 32.2. The minimum absolute atomic E-state index is 0.123. The molecule has 2 atom stereocenters. The van der Waals surface area contributed by atoms with Crippen LogP contribution in [0, 0.1) is 6.92 Å². The van der Waals surface area contributed by atoms with E-state index in [1.807, 2.05) is 55.5 Å². The van der Waals surface area contributed by atoms with Gasteiger partial charge in [-0.3, -0.25) is 9.10 Å². The summed E-state index contributed by atoms with van der Waals surface area (Å²) in [7, 11) is -3.74. The predicted octanol–water partition coefficient (Wildman–Crippen LogP) is 4.66. The molecule has 5 rings (SSSR count). The molecule has 1 fully saturated rings. The number of hydrogen-bond acceptors (Lipinski definition) is 5. The molecule has 0 bridgehead atoms. The second-order valence-corrected chi connectivity index (χ2v) is 11.2. The number of ether oxygens (including phenoxy) is 1. The van der Waals surface area contributed by atoms with Gasteiger partial charge in [-0.25, -0.2) is 18.1 Å². The third-order valence-electron chi connectivity index (χ3n) is 6.89. The van der Waals surface area contributed by atoms with Gasteiger partial charge in [0.15, 0.2) is 0 Å². The van der Waals surface area contributed by atoms with E-state index >= 15 is 0 Å². The molecule has 3 aromatic carbocycles. The Bertz CT molecular complexity index is 1370. The molecule has 2 amide bonds. The fourth-order valence-electron chi connectivity index (χ4n) is 4.99. The predicted molar refractivity (Wildman–Crippen MR) is 136 cm³/mol. The van der Waals surface area contributed by atoms with Gasteiger partial charge < -0.3 is 4.74 Å². The largest absolute Gasteiger partial charge is 0.447 e. The smallest absolute Gasteiger partial charge is 0.416 e. The highest BCUT2D eigenvalue weighted by Crippen LogP contribution is 2.41. The monoisotopic (exact) mass is 504 g/mol. The molecule has 8 heteroatoms. The van der Waals surface area contributed by atoms with Crippen LogP contribution in [0.15, 0.2) is 83.8 Å². The lowest BCUT2D eigenvalue weighted by molar-refractivity contribution is -0.129. The van der Waals surface area contributed by atoms with Gasteiger partial charge in [0.05, 0.1) is 16.6 Å². The topological polar surface area (TPSA) is 84.0 Å². The van der Waals surface area contributed by atoms with E-state index in [-0.39, 0.29) is 42.3 Å². The van der Waals surface area contributed by atoms with Gasteiger partial charge >= 0.3 is 6.09 Å². The summed E-state index contributed by atoms with van der Waals surface area (Å²) in [5, 5.41) is 0. The molecule has 0 saturated carbocycles. The zero-order chi connectivity index (χ0) is 25.3. The van der Waals surface area contributed by atoms with Crippen LogP contribution in [0.1, 0.15) is 35.4 Å². The minimum atomic E-state index is -3.74. The van der Waals surface area contributed by atoms with E-state index < -0.39 is 16.1 Å². The van der Waals surface area contributed by atoms with Crippen molar-refractivity contribution in [3.8, 4) is 0 Å². The average molecular weight is 505 g/mol. The molecular weight excluding hydrogens is 476 g/mol. The van der Waals surface area contributed by atoms with Gasteiger partial charge in [-0.05, 0) is 49.1 Å². The number of rotatable bonds is 7. The third kappa shape index (κ3) is 4.60. The molecule has 0 aromatic heterocycles. The molecule has 0 spiro atoms. The normalized spacial score (nSPS) is 19.3. The van der Waals surface area contributed by atoms with Crippen molar-refractivity contribution in [3.63, 3.8) is 0 Å². The first-order chi connectivity index (χ1) is 17.3. The summed E-state index contributed by atoms with van der Waals surface area (Å²) >= 11 is 0. The second kappa shape index (κ2) is 9.78. The molecule has 36 heavy (non-hydrogen) atoms. The van der Waals surface area contributed by atoms with Crippen molar-refractivity contribution in [3.05, 3.63) is 95.6 Å². The summed E-state index contributed by atoms with van der Waals surface area (Å²) in [6.45, 7) is 2.34. The standard InChI is InChI=1S/C28H28N2O5S/c1-20-11-14-24(15-12-20)36(33,34)29-18-22(25-9-5-6-10-26(25)29)13-16-27(31)30-23(19-35-28(30)32)17-21-7-3-2-4-8-21/h2-12,14-15,22-23H,13,16-19H2,1H3/t22-,23+/m0/s1. The number of nitrogens with zero attached hydrogens (tertiary/aromatic N) is 2. The van der Waals surface area contributed by atoms with Gasteiger partial charge in [-0.2, -0.15) is 0 Å². The summed E-state index contributed by atoms with van der Waals surface area (Å²) < 4.78 is 33.5. The number of carbonyl (C=O) groups excluding carboxylic acids is 2. The molecule has 0 unspecified atom stereocenters. The van der Waals surface area contributed by atoms with Crippen LogP contribution in [-0.2, 0) is 26.0 Å². The number of fused-ring (bicyclic) bond motifs is 1.